The summed E-state index contributed by atoms with van der Waals surface area (Å²) in [7, 11) is 3.16. The monoisotopic (exact) mass is 504 g/mol. The summed E-state index contributed by atoms with van der Waals surface area (Å²) in [6.45, 7) is 2.44. The van der Waals surface area contributed by atoms with Crippen molar-refractivity contribution in [1.29, 1.82) is 0 Å². The number of thioether (sulfide) groups is 1. The van der Waals surface area contributed by atoms with E-state index in [1.807, 2.05) is 25.1 Å². The van der Waals surface area contributed by atoms with Gasteiger partial charge in [0.05, 0.1) is 26.5 Å². The molecule has 0 aliphatic carbocycles. The first-order chi connectivity index (χ1) is 16.4. The number of hydrogen-bond acceptors (Lipinski definition) is 7. The molecule has 2 aromatic carbocycles. The molecule has 1 aliphatic rings. The molecule has 10 heteroatoms. The molecule has 0 spiro atoms. The standard InChI is InChI=1S/C24H25ClN2O6S/c1-4-5-22-26-17(12-34-15-6-7-18(30-2)19(9-15)31-3)23(24(28)29)27(22)11-14-8-20-21(10-16(14)25)33-13-32-20/h6-10H,4-5,11-13H2,1-3H3,(H,28,29). The van der Waals surface area contributed by atoms with Crippen LogP contribution in [0.25, 0.3) is 0 Å². The summed E-state index contributed by atoms with van der Waals surface area (Å²) in [5.41, 5.74) is 1.40. The predicted molar refractivity (Wildman–Crippen MR) is 129 cm³/mol. The molecule has 0 amide bonds. The van der Waals surface area contributed by atoms with E-state index in [0.717, 1.165) is 16.9 Å². The summed E-state index contributed by atoms with van der Waals surface area (Å²) in [5.74, 6) is 2.48. The maximum absolute atomic E-state index is 12.3. The van der Waals surface area contributed by atoms with Gasteiger partial charge in [-0.15, -0.1) is 11.8 Å². The van der Waals surface area contributed by atoms with Gasteiger partial charge in [-0.25, -0.2) is 9.78 Å². The Hall–Kier alpha value is -3.04. The van der Waals surface area contributed by atoms with E-state index in [9.17, 15) is 9.90 Å². The molecule has 1 N–H and O–H groups in total. The van der Waals surface area contributed by atoms with Gasteiger partial charge in [0.1, 0.15) is 5.82 Å². The van der Waals surface area contributed by atoms with Crippen LogP contribution in [0.3, 0.4) is 0 Å². The van der Waals surface area contributed by atoms with Gasteiger partial charge < -0.3 is 28.6 Å². The molecule has 8 nitrogen and oxygen atoms in total. The SMILES string of the molecule is CCCc1nc(CSc2ccc(OC)c(OC)c2)c(C(=O)O)n1Cc1cc2c(cc1Cl)OCO2. The summed E-state index contributed by atoms with van der Waals surface area (Å²) < 4.78 is 23.2. The zero-order valence-corrected chi connectivity index (χ0v) is 20.7. The lowest BCUT2D eigenvalue weighted by atomic mass is 10.2. The molecule has 4 rings (SSSR count). The lowest BCUT2D eigenvalue weighted by Crippen LogP contribution is -2.14. The molecule has 1 aliphatic heterocycles. The van der Waals surface area contributed by atoms with Crippen molar-refractivity contribution in [2.24, 2.45) is 0 Å². The molecule has 0 radical (unpaired) electrons. The maximum atomic E-state index is 12.3. The van der Waals surface area contributed by atoms with Gasteiger partial charge in [-0.05, 0) is 36.2 Å². The molecule has 34 heavy (non-hydrogen) atoms. The Balaban J connectivity index is 1.65. The summed E-state index contributed by atoms with van der Waals surface area (Å²) in [6.07, 6.45) is 1.47. The second kappa shape index (κ2) is 10.5. The molecule has 0 unspecified atom stereocenters. The number of ether oxygens (including phenoxy) is 4. The van der Waals surface area contributed by atoms with Gasteiger partial charge in [-0.2, -0.15) is 0 Å². The van der Waals surface area contributed by atoms with E-state index in [4.69, 9.17) is 35.5 Å². The van der Waals surface area contributed by atoms with Crippen molar-refractivity contribution in [2.75, 3.05) is 21.0 Å². The fourth-order valence-corrected chi connectivity index (χ4v) is 4.86. The number of aryl methyl sites for hydroxylation is 1. The van der Waals surface area contributed by atoms with Crippen molar-refractivity contribution >= 4 is 29.3 Å². The zero-order valence-electron chi connectivity index (χ0n) is 19.1. The highest BCUT2D eigenvalue weighted by atomic mass is 35.5. The van der Waals surface area contributed by atoms with E-state index in [-0.39, 0.29) is 19.0 Å². The van der Waals surface area contributed by atoms with Crippen LogP contribution in [0.15, 0.2) is 35.2 Å². The Kier molecular flexibility index (Phi) is 7.43. The van der Waals surface area contributed by atoms with Crippen molar-refractivity contribution < 1.29 is 28.8 Å². The second-order valence-electron chi connectivity index (χ2n) is 7.57. The van der Waals surface area contributed by atoms with E-state index in [2.05, 4.69) is 0 Å². The van der Waals surface area contributed by atoms with Gasteiger partial charge >= 0.3 is 5.97 Å². The normalized spacial score (nSPS) is 12.1. The van der Waals surface area contributed by atoms with Gasteiger partial charge in [-0.1, -0.05) is 18.5 Å². The van der Waals surface area contributed by atoms with Crippen LogP contribution in [0.1, 0.15) is 40.9 Å². The number of aromatic nitrogens is 2. The van der Waals surface area contributed by atoms with Crippen LogP contribution in [0.2, 0.25) is 5.02 Å². The highest BCUT2D eigenvalue weighted by molar-refractivity contribution is 7.98. The largest absolute Gasteiger partial charge is 0.493 e. The minimum Gasteiger partial charge on any atom is -0.493 e. The van der Waals surface area contributed by atoms with Crippen LogP contribution in [0.4, 0.5) is 0 Å². The summed E-state index contributed by atoms with van der Waals surface area (Å²) in [4.78, 5) is 18.0. The number of carboxylic acids is 1. The average molecular weight is 505 g/mol. The van der Waals surface area contributed by atoms with Crippen molar-refractivity contribution in [3.8, 4) is 23.0 Å². The Labute approximate surface area is 206 Å². The van der Waals surface area contributed by atoms with E-state index >= 15 is 0 Å². The summed E-state index contributed by atoms with van der Waals surface area (Å²) >= 11 is 7.96. The van der Waals surface area contributed by atoms with E-state index in [0.29, 0.717) is 51.7 Å². The number of hydrogen-bond donors (Lipinski definition) is 1. The van der Waals surface area contributed by atoms with Crippen LogP contribution in [-0.2, 0) is 18.7 Å². The Bertz CT molecular complexity index is 1210. The molecule has 180 valence electrons. The van der Waals surface area contributed by atoms with Gasteiger partial charge in [0.2, 0.25) is 6.79 Å². The number of nitrogens with zero attached hydrogens (tertiary/aromatic N) is 2. The predicted octanol–water partition coefficient (Wildman–Crippen LogP) is 5.27. The number of carboxylic acid groups (broad SMARTS) is 1. The van der Waals surface area contributed by atoms with Crippen LogP contribution in [0.5, 0.6) is 23.0 Å². The number of halogens is 1. The molecular formula is C24H25ClN2O6S. The molecule has 1 aromatic heterocycles. The van der Waals surface area contributed by atoms with Crippen LogP contribution in [-0.4, -0.2) is 41.6 Å². The Morgan fingerprint density at radius 3 is 2.59 bits per heavy atom. The topological polar surface area (TPSA) is 92.0 Å². The van der Waals surface area contributed by atoms with E-state index < -0.39 is 5.97 Å². The lowest BCUT2D eigenvalue weighted by Gasteiger charge is -2.12. The zero-order chi connectivity index (χ0) is 24.2. The highest BCUT2D eigenvalue weighted by Crippen LogP contribution is 2.38. The lowest BCUT2D eigenvalue weighted by molar-refractivity contribution is 0.0684. The summed E-state index contributed by atoms with van der Waals surface area (Å²) in [5, 5.41) is 10.6. The fourth-order valence-electron chi connectivity index (χ4n) is 3.79. The van der Waals surface area contributed by atoms with Crippen molar-refractivity contribution in [1.82, 2.24) is 9.55 Å². The molecule has 3 aromatic rings. The smallest absolute Gasteiger partial charge is 0.354 e. The maximum Gasteiger partial charge on any atom is 0.354 e. The molecule has 0 saturated heterocycles. The number of rotatable bonds is 10. The number of carbonyl (C=O) groups is 1. The van der Waals surface area contributed by atoms with Crippen molar-refractivity contribution in [2.45, 2.75) is 37.0 Å². The van der Waals surface area contributed by atoms with Gasteiger partial charge in [-0.3, -0.25) is 0 Å². The average Bonchev–Trinajstić information content (AvgIpc) is 3.41. The van der Waals surface area contributed by atoms with Crippen molar-refractivity contribution in [3.05, 3.63) is 58.1 Å². The van der Waals surface area contributed by atoms with Crippen LogP contribution >= 0.6 is 23.4 Å². The first-order valence-corrected chi connectivity index (χ1v) is 12.1. The fraction of sp³-hybridized carbons (Fsp3) is 0.333. The highest BCUT2D eigenvalue weighted by Gasteiger charge is 2.24. The van der Waals surface area contributed by atoms with Crippen LogP contribution < -0.4 is 18.9 Å². The number of methoxy groups -OCH3 is 2. The number of imidazole rings is 1. The second-order valence-corrected chi connectivity index (χ2v) is 9.02. The van der Waals surface area contributed by atoms with E-state index in [1.54, 1.807) is 30.9 Å². The van der Waals surface area contributed by atoms with Gasteiger partial charge in [0.25, 0.3) is 0 Å². The minimum absolute atomic E-state index is 0.138. The quantitative estimate of drug-likeness (QED) is 0.373. The van der Waals surface area contributed by atoms with Crippen molar-refractivity contribution in [3.63, 3.8) is 0 Å². The Morgan fingerprint density at radius 2 is 1.91 bits per heavy atom. The molecule has 0 bridgehead atoms. The van der Waals surface area contributed by atoms with Gasteiger partial charge in [0.15, 0.2) is 28.7 Å². The van der Waals surface area contributed by atoms with Gasteiger partial charge in [0, 0.05) is 28.2 Å². The minimum atomic E-state index is -1.03. The third kappa shape index (κ3) is 4.90. The third-order valence-corrected chi connectivity index (χ3v) is 6.75. The molecule has 0 saturated carbocycles. The first-order valence-electron chi connectivity index (χ1n) is 10.7. The number of benzene rings is 2. The van der Waals surface area contributed by atoms with E-state index in [1.165, 1.54) is 11.8 Å². The first kappa shape index (κ1) is 24.1. The Morgan fingerprint density at radius 1 is 1.18 bits per heavy atom. The van der Waals surface area contributed by atoms with Crippen LogP contribution in [0, 0.1) is 0 Å². The third-order valence-electron chi connectivity index (χ3n) is 5.40. The molecule has 0 fully saturated rings. The number of aromatic carboxylic acids is 1. The molecule has 0 atom stereocenters. The molecule has 2 heterocycles. The number of fused-ring (bicyclic) bond motifs is 1. The summed E-state index contributed by atoms with van der Waals surface area (Å²) in [6, 6.07) is 9.08. The molecular weight excluding hydrogens is 480 g/mol.